The van der Waals surface area contributed by atoms with Crippen molar-refractivity contribution in [2.75, 3.05) is 13.2 Å². The number of benzene rings is 2. The molecule has 1 heterocycles. The van der Waals surface area contributed by atoms with E-state index in [-0.39, 0.29) is 4.32 Å². The first-order valence-electron chi connectivity index (χ1n) is 10.9. The second kappa shape index (κ2) is 11.9. The Kier molecular flexibility index (Phi) is 8.91. The Hall–Kier alpha value is -2.84. The van der Waals surface area contributed by atoms with Crippen molar-refractivity contribution in [3.05, 3.63) is 64.6 Å². The van der Waals surface area contributed by atoms with Crippen molar-refractivity contribution in [2.24, 2.45) is 0 Å². The Balaban J connectivity index is 1.84. The van der Waals surface area contributed by atoms with Crippen molar-refractivity contribution < 1.29 is 24.2 Å². The zero-order chi connectivity index (χ0) is 23.8. The predicted molar refractivity (Wildman–Crippen MR) is 134 cm³/mol. The zero-order valence-electron chi connectivity index (χ0n) is 18.7. The molecule has 0 radical (unpaired) electrons. The van der Waals surface area contributed by atoms with Crippen LogP contribution >= 0.6 is 24.0 Å². The topological polar surface area (TPSA) is 76.1 Å². The minimum atomic E-state index is -1.18. The SMILES string of the molecule is CCCCCOc1ccc(/C=C2\SC(=S)N(C(C(=O)O)c3ccccc3)C2=O)cc1OCC. The Labute approximate surface area is 203 Å². The molecule has 1 atom stereocenters. The van der Waals surface area contributed by atoms with Crippen LogP contribution in [0.5, 0.6) is 11.5 Å². The zero-order valence-corrected chi connectivity index (χ0v) is 20.3. The summed E-state index contributed by atoms with van der Waals surface area (Å²) in [6, 6.07) is 12.9. The molecule has 2 aromatic carbocycles. The van der Waals surface area contributed by atoms with Crippen LogP contribution in [0.2, 0.25) is 0 Å². The number of carbonyl (C=O) groups excluding carboxylic acids is 1. The third-order valence-corrected chi connectivity index (χ3v) is 6.33. The molecule has 1 saturated heterocycles. The normalized spacial score (nSPS) is 15.7. The van der Waals surface area contributed by atoms with Crippen molar-refractivity contribution in [1.82, 2.24) is 4.90 Å². The Morgan fingerprint density at radius 2 is 1.88 bits per heavy atom. The fraction of sp³-hybridized carbons (Fsp3) is 0.320. The number of nitrogens with zero attached hydrogens (tertiary/aromatic N) is 1. The lowest BCUT2D eigenvalue weighted by atomic mass is 10.1. The van der Waals surface area contributed by atoms with Crippen LogP contribution in [0.3, 0.4) is 0 Å². The highest BCUT2D eigenvalue weighted by Crippen LogP contribution is 2.39. The van der Waals surface area contributed by atoms with Gasteiger partial charge in [-0.1, -0.05) is 80.1 Å². The van der Waals surface area contributed by atoms with Crippen LogP contribution in [0.15, 0.2) is 53.4 Å². The molecule has 0 bridgehead atoms. The van der Waals surface area contributed by atoms with Crippen LogP contribution < -0.4 is 9.47 Å². The predicted octanol–water partition coefficient (Wildman–Crippen LogP) is 5.68. The molecule has 0 spiro atoms. The summed E-state index contributed by atoms with van der Waals surface area (Å²) in [4.78, 5) is 26.7. The molecule has 0 aromatic heterocycles. The first-order chi connectivity index (χ1) is 16.0. The van der Waals surface area contributed by atoms with Gasteiger partial charge in [0.05, 0.1) is 18.1 Å². The molecular formula is C25H27NO5S2. The van der Waals surface area contributed by atoms with Gasteiger partial charge in [-0.25, -0.2) is 4.79 Å². The minimum absolute atomic E-state index is 0.211. The number of rotatable bonds is 11. The summed E-state index contributed by atoms with van der Waals surface area (Å²) in [6.07, 6.45) is 4.89. The Morgan fingerprint density at radius 3 is 2.55 bits per heavy atom. The van der Waals surface area contributed by atoms with E-state index in [4.69, 9.17) is 21.7 Å². The summed E-state index contributed by atoms with van der Waals surface area (Å²) in [5.74, 6) is -0.306. The lowest BCUT2D eigenvalue weighted by molar-refractivity contribution is -0.145. The van der Waals surface area contributed by atoms with Gasteiger partial charge < -0.3 is 14.6 Å². The van der Waals surface area contributed by atoms with Gasteiger partial charge in [0.15, 0.2) is 17.5 Å². The Morgan fingerprint density at radius 1 is 1.12 bits per heavy atom. The third-order valence-electron chi connectivity index (χ3n) is 5.00. The van der Waals surface area contributed by atoms with Crippen LogP contribution in [-0.2, 0) is 9.59 Å². The second-order valence-electron chi connectivity index (χ2n) is 7.40. The van der Waals surface area contributed by atoms with Gasteiger partial charge in [-0.05, 0) is 42.7 Å². The number of unbranched alkanes of at least 4 members (excludes halogenated alkanes) is 2. The standard InChI is InChI=1S/C25H27NO5S2/c1-3-5-9-14-31-19-13-12-17(15-20(19)30-4-2)16-21-23(27)26(25(32)33-21)22(24(28)29)18-10-7-6-8-11-18/h6-8,10-13,15-16,22H,3-5,9,14H2,1-2H3,(H,28,29)/b21-16-. The van der Waals surface area contributed by atoms with Gasteiger partial charge in [-0.2, -0.15) is 0 Å². The van der Waals surface area contributed by atoms with E-state index in [1.807, 2.05) is 25.1 Å². The summed E-state index contributed by atoms with van der Waals surface area (Å²) < 4.78 is 11.8. The molecule has 33 heavy (non-hydrogen) atoms. The average molecular weight is 486 g/mol. The maximum Gasteiger partial charge on any atom is 0.331 e. The van der Waals surface area contributed by atoms with Crippen molar-refractivity contribution >= 4 is 46.3 Å². The van der Waals surface area contributed by atoms with Gasteiger partial charge in [-0.3, -0.25) is 9.69 Å². The molecule has 6 nitrogen and oxygen atoms in total. The number of carbonyl (C=O) groups is 2. The van der Waals surface area contributed by atoms with E-state index in [0.717, 1.165) is 41.5 Å². The fourth-order valence-electron chi connectivity index (χ4n) is 3.43. The lowest BCUT2D eigenvalue weighted by Gasteiger charge is -2.23. The largest absolute Gasteiger partial charge is 0.490 e. The number of aliphatic carboxylic acids is 1. The van der Waals surface area contributed by atoms with Gasteiger partial charge in [0.2, 0.25) is 0 Å². The van der Waals surface area contributed by atoms with Crippen LogP contribution in [0.1, 0.15) is 50.3 Å². The van der Waals surface area contributed by atoms with E-state index in [2.05, 4.69) is 6.92 Å². The second-order valence-corrected chi connectivity index (χ2v) is 9.07. The molecule has 1 amide bonds. The Bertz CT molecular complexity index is 1040. The third kappa shape index (κ3) is 6.15. The quantitative estimate of drug-likeness (QED) is 0.249. The molecule has 8 heteroatoms. The smallest absolute Gasteiger partial charge is 0.331 e. The highest BCUT2D eigenvalue weighted by Gasteiger charge is 2.41. The molecule has 0 saturated carbocycles. The molecule has 174 valence electrons. The van der Waals surface area contributed by atoms with Crippen LogP contribution in [0, 0.1) is 0 Å². The van der Waals surface area contributed by atoms with Crippen molar-refractivity contribution in [1.29, 1.82) is 0 Å². The lowest BCUT2D eigenvalue weighted by Crippen LogP contribution is -2.37. The van der Waals surface area contributed by atoms with E-state index >= 15 is 0 Å². The molecule has 3 rings (SSSR count). The van der Waals surface area contributed by atoms with Gasteiger partial charge in [0.25, 0.3) is 5.91 Å². The summed E-state index contributed by atoms with van der Waals surface area (Å²) in [6.45, 7) is 5.13. The molecular weight excluding hydrogens is 458 g/mol. The number of amides is 1. The van der Waals surface area contributed by atoms with E-state index in [1.54, 1.807) is 36.4 Å². The summed E-state index contributed by atoms with van der Waals surface area (Å²) in [5, 5.41) is 9.82. The molecule has 0 aliphatic carbocycles. The molecule has 1 aliphatic heterocycles. The van der Waals surface area contributed by atoms with Crippen molar-refractivity contribution in [3.8, 4) is 11.5 Å². The van der Waals surface area contributed by atoms with Crippen LogP contribution in [0.25, 0.3) is 6.08 Å². The molecule has 1 N–H and O–H groups in total. The van der Waals surface area contributed by atoms with Crippen LogP contribution in [0.4, 0.5) is 0 Å². The number of carboxylic acids is 1. The van der Waals surface area contributed by atoms with Crippen molar-refractivity contribution in [3.63, 3.8) is 0 Å². The monoisotopic (exact) mass is 485 g/mol. The first-order valence-corrected chi connectivity index (χ1v) is 12.1. The number of thioether (sulfide) groups is 1. The van der Waals surface area contributed by atoms with E-state index in [0.29, 0.717) is 35.2 Å². The molecule has 1 unspecified atom stereocenters. The maximum absolute atomic E-state index is 13.1. The van der Waals surface area contributed by atoms with Gasteiger partial charge >= 0.3 is 5.97 Å². The fourth-order valence-corrected chi connectivity index (χ4v) is 4.74. The first kappa shape index (κ1) is 24.8. The summed E-state index contributed by atoms with van der Waals surface area (Å²) in [5.41, 5.74) is 1.23. The van der Waals surface area contributed by atoms with Gasteiger partial charge in [0.1, 0.15) is 4.32 Å². The highest BCUT2D eigenvalue weighted by atomic mass is 32.2. The molecule has 1 fully saturated rings. The van der Waals surface area contributed by atoms with Gasteiger partial charge in [0, 0.05) is 0 Å². The van der Waals surface area contributed by atoms with E-state index in [1.165, 1.54) is 0 Å². The number of carboxylic acid groups (broad SMARTS) is 1. The van der Waals surface area contributed by atoms with Crippen LogP contribution in [-0.4, -0.2) is 39.4 Å². The molecule has 2 aromatic rings. The summed E-state index contributed by atoms with van der Waals surface area (Å²) >= 11 is 6.48. The summed E-state index contributed by atoms with van der Waals surface area (Å²) in [7, 11) is 0. The van der Waals surface area contributed by atoms with E-state index < -0.39 is 17.9 Å². The van der Waals surface area contributed by atoms with Gasteiger partial charge in [-0.15, -0.1) is 0 Å². The highest BCUT2D eigenvalue weighted by molar-refractivity contribution is 8.26. The maximum atomic E-state index is 13.1. The minimum Gasteiger partial charge on any atom is -0.490 e. The number of thiocarbonyl (C=S) groups is 1. The number of hydrogen-bond donors (Lipinski definition) is 1. The molecule has 1 aliphatic rings. The van der Waals surface area contributed by atoms with E-state index in [9.17, 15) is 14.7 Å². The number of ether oxygens (including phenoxy) is 2. The van der Waals surface area contributed by atoms with Crippen molar-refractivity contribution in [2.45, 2.75) is 39.2 Å². The number of hydrogen-bond acceptors (Lipinski definition) is 6. The average Bonchev–Trinajstić information content (AvgIpc) is 3.06.